The Balaban J connectivity index is 2.72. The van der Waals surface area contributed by atoms with Gasteiger partial charge in [-0.15, -0.1) is 0 Å². The molecular weight excluding hydrogens is 214 g/mol. The van der Waals surface area contributed by atoms with Crippen LogP contribution in [0.2, 0.25) is 0 Å². The van der Waals surface area contributed by atoms with Gasteiger partial charge in [0.2, 0.25) is 0 Å². The van der Waals surface area contributed by atoms with E-state index < -0.39 is 0 Å². The highest BCUT2D eigenvalue weighted by Gasteiger charge is 2.37. The highest BCUT2D eigenvalue weighted by Crippen LogP contribution is 2.31. The Morgan fingerprint density at radius 1 is 1.29 bits per heavy atom. The molecule has 1 saturated heterocycles. The highest BCUT2D eigenvalue weighted by molar-refractivity contribution is 4.90. The molecule has 0 aliphatic carbocycles. The van der Waals surface area contributed by atoms with Crippen LogP contribution in [-0.4, -0.2) is 39.0 Å². The average molecular weight is 243 g/mol. The summed E-state index contributed by atoms with van der Waals surface area (Å²) in [6.45, 7) is 11.4. The second-order valence-electron chi connectivity index (χ2n) is 6.01. The van der Waals surface area contributed by atoms with Gasteiger partial charge < -0.3 is 14.8 Å². The van der Waals surface area contributed by atoms with Crippen LogP contribution in [0, 0.1) is 11.3 Å². The Bertz CT molecular complexity index is 207. The molecule has 1 fully saturated rings. The van der Waals surface area contributed by atoms with E-state index in [0.29, 0.717) is 12.0 Å². The van der Waals surface area contributed by atoms with E-state index in [2.05, 4.69) is 40.1 Å². The number of ether oxygens (including phenoxy) is 2. The van der Waals surface area contributed by atoms with Crippen LogP contribution in [0.4, 0.5) is 0 Å². The van der Waals surface area contributed by atoms with Crippen LogP contribution in [0.1, 0.15) is 40.5 Å². The van der Waals surface area contributed by atoms with Crippen LogP contribution in [-0.2, 0) is 9.47 Å². The molecule has 17 heavy (non-hydrogen) atoms. The van der Waals surface area contributed by atoms with Crippen molar-refractivity contribution in [2.24, 2.45) is 11.3 Å². The minimum atomic E-state index is 0.169. The van der Waals surface area contributed by atoms with Crippen LogP contribution in [0.15, 0.2) is 0 Å². The molecule has 1 rings (SSSR count). The van der Waals surface area contributed by atoms with Gasteiger partial charge in [0.05, 0.1) is 6.10 Å². The fourth-order valence-corrected chi connectivity index (χ4v) is 2.78. The fourth-order valence-electron chi connectivity index (χ4n) is 2.78. The molecule has 0 aromatic heterocycles. The summed E-state index contributed by atoms with van der Waals surface area (Å²) in [4.78, 5) is 0. The van der Waals surface area contributed by atoms with Crippen molar-refractivity contribution in [1.29, 1.82) is 0 Å². The Labute approximate surface area is 106 Å². The summed E-state index contributed by atoms with van der Waals surface area (Å²) in [5.74, 6) is 0.671. The predicted molar refractivity (Wildman–Crippen MR) is 71.3 cm³/mol. The van der Waals surface area contributed by atoms with Crippen LogP contribution >= 0.6 is 0 Å². The van der Waals surface area contributed by atoms with Gasteiger partial charge in [-0.05, 0) is 38.1 Å². The highest BCUT2D eigenvalue weighted by atomic mass is 16.5. The van der Waals surface area contributed by atoms with Crippen molar-refractivity contribution < 1.29 is 9.47 Å². The van der Waals surface area contributed by atoms with E-state index in [9.17, 15) is 0 Å². The van der Waals surface area contributed by atoms with Gasteiger partial charge in [0.25, 0.3) is 0 Å². The minimum absolute atomic E-state index is 0.169. The number of rotatable bonds is 5. The van der Waals surface area contributed by atoms with Crippen molar-refractivity contribution in [1.82, 2.24) is 5.32 Å². The maximum Gasteiger partial charge on any atom is 0.0778 e. The van der Waals surface area contributed by atoms with Gasteiger partial charge in [0.15, 0.2) is 0 Å². The zero-order valence-electron chi connectivity index (χ0n) is 12.1. The molecule has 1 aliphatic rings. The molecular formula is C14H29NO2. The summed E-state index contributed by atoms with van der Waals surface area (Å²) in [7, 11) is 2.05. The topological polar surface area (TPSA) is 30.5 Å². The monoisotopic (exact) mass is 243 g/mol. The second-order valence-corrected chi connectivity index (χ2v) is 6.01. The van der Waals surface area contributed by atoms with Crippen molar-refractivity contribution in [3.05, 3.63) is 0 Å². The largest absolute Gasteiger partial charge is 0.381 e. The van der Waals surface area contributed by atoms with Crippen molar-refractivity contribution >= 4 is 0 Å². The van der Waals surface area contributed by atoms with Crippen molar-refractivity contribution in [2.45, 2.75) is 52.7 Å². The number of likely N-dealkylation sites (N-methyl/N-ethyl adjacent to an activating group) is 1. The molecule has 2 unspecified atom stereocenters. The maximum absolute atomic E-state index is 6.01. The van der Waals surface area contributed by atoms with Gasteiger partial charge in [-0.3, -0.25) is 0 Å². The first-order chi connectivity index (χ1) is 8.00. The Hall–Kier alpha value is -0.120. The molecule has 0 bridgehead atoms. The van der Waals surface area contributed by atoms with Gasteiger partial charge in [-0.1, -0.05) is 20.8 Å². The lowest BCUT2D eigenvalue weighted by molar-refractivity contribution is -0.0612. The summed E-state index contributed by atoms with van der Waals surface area (Å²) < 4.78 is 11.5. The quantitative estimate of drug-likeness (QED) is 0.804. The lowest BCUT2D eigenvalue weighted by atomic mass is 9.77. The summed E-state index contributed by atoms with van der Waals surface area (Å²) in [6.07, 6.45) is 2.55. The second kappa shape index (κ2) is 6.72. The van der Waals surface area contributed by atoms with Crippen molar-refractivity contribution in [2.75, 3.05) is 26.9 Å². The van der Waals surface area contributed by atoms with Crippen molar-refractivity contribution in [3.8, 4) is 0 Å². The molecule has 0 amide bonds. The lowest BCUT2D eigenvalue weighted by Gasteiger charge is -2.41. The molecule has 1 heterocycles. The normalized spacial score (nSPS) is 22.4. The van der Waals surface area contributed by atoms with E-state index >= 15 is 0 Å². The third-order valence-corrected chi connectivity index (χ3v) is 3.63. The standard InChI is InChI=1S/C14H29NO2/c1-6-17-13(14(2,3)4)12(15-5)11-7-9-16-10-8-11/h11-13,15H,6-10H2,1-5H3. The Morgan fingerprint density at radius 3 is 2.29 bits per heavy atom. The van der Waals surface area contributed by atoms with Gasteiger partial charge in [-0.25, -0.2) is 0 Å². The zero-order valence-corrected chi connectivity index (χ0v) is 12.1. The molecule has 2 atom stereocenters. The van der Waals surface area contributed by atoms with E-state index in [1.807, 2.05) is 0 Å². The van der Waals surface area contributed by atoms with Gasteiger partial charge in [0.1, 0.15) is 0 Å². The molecule has 3 heteroatoms. The molecule has 0 saturated carbocycles. The van der Waals surface area contributed by atoms with E-state index in [0.717, 1.165) is 32.7 Å². The Morgan fingerprint density at radius 2 is 1.88 bits per heavy atom. The zero-order chi connectivity index (χ0) is 12.9. The van der Waals surface area contributed by atoms with E-state index in [1.165, 1.54) is 0 Å². The molecule has 0 aromatic rings. The van der Waals surface area contributed by atoms with Crippen LogP contribution < -0.4 is 5.32 Å². The SMILES string of the molecule is CCOC(C(NC)C1CCOCC1)C(C)(C)C. The first-order valence-electron chi connectivity index (χ1n) is 6.87. The maximum atomic E-state index is 6.01. The summed E-state index contributed by atoms with van der Waals surface area (Å²) >= 11 is 0. The molecule has 0 radical (unpaired) electrons. The van der Waals surface area contributed by atoms with Gasteiger partial charge >= 0.3 is 0 Å². The molecule has 102 valence electrons. The summed E-state index contributed by atoms with van der Waals surface area (Å²) in [5.41, 5.74) is 0.169. The first-order valence-corrected chi connectivity index (χ1v) is 6.87. The van der Waals surface area contributed by atoms with E-state index in [1.54, 1.807) is 0 Å². The van der Waals surface area contributed by atoms with Crippen LogP contribution in [0.3, 0.4) is 0 Å². The molecule has 1 aliphatic heterocycles. The Kier molecular flexibility index (Phi) is 5.90. The number of hydrogen-bond acceptors (Lipinski definition) is 3. The molecule has 0 aromatic carbocycles. The van der Waals surface area contributed by atoms with E-state index in [-0.39, 0.29) is 11.5 Å². The van der Waals surface area contributed by atoms with E-state index in [4.69, 9.17) is 9.47 Å². The van der Waals surface area contributed by atoms with Crippen molar-refractivity contribution in [3.63, 3.8) is 0 Å². The summed E-state index contributed by atoms with van der Waals surface area (Å²) in [5, 5.41) is 3.48. The molecule has 0 spiro atoms. The predicted octanol–water partition coefficient (Wildman–Crippen LogP) is 2.45. The van der Waals surface area contributed by atoms with Crippen LogP contribution in [0.25, 0.3) is 0 Å². The van der Waals surface area contributed by atoms with Crippen LogP contribution in [0.5, 0.6) is 0 Å². The van der Waals surface area contributed by atoms with Gasteiger partial charge in [-0.2, -0.15) is 0 Å². The molecule has 1 N–H and O–H groups in total. The third kappa shape index (κ3) is 4.23. The minimum Gasteiger partial charge on any atom is -0.381 e. The molecule has 3 nitrogen and oxygen atoms in total. The number of hydrogen-bond donors (Lipinski definition) is 1. The summed E-state index contributed by atoms with van der Waals surface area (Å²) in [6, 6.07) is 0.429. The smallest absolute Gasteiger partial charge is 0.0778 e. The van der Waals surface area contributed by atoms with Gasteiger partial charge in [0, 0.05) is 25.9 Å². The number of nitrogens with one attached hydrogen (secondary N) is 1. The lowest BCUT2D eigenvalue weighted by Crippen LogP contribution is -2.52. The average Bonchev–Trinajstić information content (AvgIpc) is 2.29. The fraction of sp³-hybridized carbons (Fsp3) is 1.00. The third-order valence-electron chi connectivity index (χ3n) is 3.63. The first kappa shape index (κ1) is 14.9.